The van der Waals surface area contributed by atoms with Gasteiger partial charge in [-0.15, -0.1) is 0 Å². The zero-order valence-electron chi connectivity index (χ0n) is 42.5. The summed E-state index contributed by atoms with van der Waals surface area (Å²) in [5, 5.41) is 130. The van der Waals surface area contributed by atoms with Gasteiger partial charge in [-0.3, -0.25) is 4.79 Å². The second kappa shape index (κ2) is 19.7. The SMILES string of the molecule is CC1(C)CC[C@]2(C(=O)O)[C@H](O)C[C@]3(C)C(=CC[C@@H]4[C@@]5(C)CC[C@H](O[C@@H]6OC[C@H](O)[C@H](O)[C@H]6O[C@@H]6OC[C@H](O)[C@H](O)[C@H]6O[C@@H]6OC[C@H](O)[C@H](O[C@@H]7O[C@H](CO)[C@@H](O)[C@H](O)[C@H]7O)[C@H]6O)C(C)(C)[C@@H]5CC[C@]43C)[C@@H]2C1. The Kier molecular flexibility index (Phi) is 15.1. The predicted octanol–water partition coefficient (Wildman–Crippen LogP) is -0.581. The molecular weight excluding hydrogens is 949 g/mol. The van der Waals surface area contributed by atoms with Crippen molar-refractivity contribution >= 4 is 5.97 Å². The van der Waals surface area contributed by atoms with Crippen LogP contribution in [0, 0.1) is 50.2 Å². The highest BCUT2D eigenvalue weighted by Gasteiger charge is 2.71. The Morgan fingerprint density at radius 2 is 1.19 bits per heavy atom. The fourth-order valence-corrected chi connectivity index (χ4v) is 15.9. The van der Waals surface area contributed by atoms with E-state index in [1.807, 2.05) is 0 Å². The lowest BCUT2D eigenvalue weighted by Gasteiger charge is -2.71. The molecule has 0 amide bonds. The zero-order valence-corrected chi connectivity index (χ0v) is 42.5. The number of fused-ring (bicyclic) bond motifs is 7. The summed E-state index contributed by atoms with van der Waals surface area (Å²) in [6.45, 7) is 13.8. The number of hydrogen-bond donors (Lipinski definition) is 12. The van der Waals surface area contributed by atoms with Gasteiger partial charge in [-0.1, -0.05) is 60.1 Å². The Labute approximate surface area is 420 Å². The molecule has 0 spiro atoms. The highest BCUT2D eigenvalue weighted by Crippen LogP contribution is 2.76. The lowest BCUT2D eigenvalue weighted by molar-refractivity contribution is -0.385. The number of aliphatic hydroxyl groups excluding tert-OH is 11. The zero-order chi connectivity index (χ0) is 52.4. The molecule has 0 radical (unpaired) electrons. The topological polar surface area (TPSA) is 334 Å². The van der Waals surface area contributed by atoms with Crippen LogP contribution in [0.25, 0.3) is 0 Å². The number of rotatable bonds is 10. The summed E-state index contributed by atoms with van der Waals surface area (Å²) in [6, 6.07) is 0. The van der Waals surface area contributed by atoms with Gasteiger partial charge in [-0.25, -0.2) is 0 Å². The molecule has 72 heavy (non-hydrogen) atoms. The van der Waals surface area contributed by atoms with Crippen molar-refractivity contribution in [2.75, 3.05) is 26.4 Å². The highest BCUT2D eigenvalue weighted by atomic mass is 16.8. The van der Waals surface area contributed by atoms with E-state index in [2.05, 4.69) is 54.5 Å². The maximum Gasteiger partial charge on any atom is 0.312 e. The van der Waals surface area contributed by atoms with Gasteiger partial charge in [0.05, 0.1) is 38.6 Å². The molecule has 4 heterocycles. The van der Waals surface area contributed by atoms with Crippen molar-refractivity contribution in [3.8, 4) is 0 Å². The molecule has 21 heteroatoms. The van der Waals surface area contributed by atoms with Crippen molar-refractivity contribution < 1.29 is 104 Å². The van der Waals surface area contributed by atoms with Gasteiger partial charge in [0.2, 0.25) is 0 Å². The lowest BCUT2D eigenvalue weighted by Crippen LogP contribution is -2.68. The maximum atomic E-state index is 13.2. The van der Waals surface area contributed by atoms with Crippen molar-refractivity contribution in [2.45, 2.75) is 223 Å². The molecule has 12 N–H and O–H groups in total. The minimum atomic E-state index is -1.89. The van der Waals surface area contributed by atoms with Crippen LogP contribution in [0.15, 0.2) is 11.6 Å². The predicted molar refractivity (Wildman–Crippen MR) is 247 cm³/mol. The number of carbonyl (C=O) groups is 1. The van der Waals surface area contributed by atoms with Gasteiger partial charge in [0.1, 0.15) is 84.8 Å². The summed E-state index contributed by atoms with van der Waals surface area (Å²) in [4.78, 5) is 13.2. The Morgan fingerprint density at radius 1 is 0.611 bits per heavy atom. The molecule has 0 aromatic carbocycles. The van der Waals surface area contributed by atoms with Gasteiger partial charge in [0, 0.05) is 0 Å². The average Bonchev–Trinajstić information content (AvgIpc) is 3.31. The van der Waals surface area contributed by atoms with E-state index in [1.54, 1.807) is 0 Å². The highest BCUT2D eigenvalue weighted by molar-refractivity contribution is 5.77. The summed E-state index contributed by atoms with van der Waals surface area (Å²) < 4.78 is 47.9. The largest absolute Gasteiger partial charge is 0.481 e. The minimum absolute atomic E-state index is 0.0569. The molecule has 9 aliphatic rings. The molecule has 5 aliphatic carbocycles. The maximum absolute atomic E-state index is 13.2. The minimum Gasteiger partial charge on any atom is -0.481 e. The molecule has 0 unspecified atom stereocenters. The number of aliphatic hydroxyl groups is 11. The summed E-state index contributed by atoms with van der Waals surface area (Å²) in [5.41, 5.74) is -1.37. The Bertz CT molecular complexity index is 1990. The molecule has 0 aromatic heterocycles. The van der Waals surface area contributed by atoms with E-state index in [0.717, 1.165) is 32.1 Å². The van der Waals surface area contributed by atoms with Crippen LogP contribution in [0.3, 0.4) is 0 Å². The third-order valence-corrected chi connectivity index (χ3v) is 20.3. The van der Waals surface area contributed by atoms with Crippen LogP contribution in [0.5, 0.6) is 0 Å². The number of carboxylic acid groups (broad SMARTS) is 1. The molecule has 26 atom stereocenters. The number of hydrogen-bond acceptors (Lipinski definition) is 20. The van der Waals surface area contributed by atoms with E-state index in [-0.39, 0.29) is 40.6 Å². The first-order valence-electron chi connectivity index (χ1n) is 26.1. The van der Waals surface area contributed by atoms with Crippen molar-refractivity contribution in [1.82, 2.24) is 0 Å². The molecule has 0 aromatic rings. The van der Waals surface area contributed by atoms with E-state index < -0.39 is 159 Å². The standard InChI is InChI=1S/C51H82O21/c1-46(2)14-15-51(45(63)64)23(16-46)22-8-9-29-48(5)12-11-31(47(3,4)28(48)10-13-49(29,6)50(22,7)17-30(51)56)69-43-39(32(57)24(53)19-66-43)72-44-40(33(58)25(54)20-67-44)71-41-37(62)38(26(55)21-65-41)70-42-36(61)35(60)34(59)27(18-52)68-42/h8,23-44,52-62H,9-21H2,1-7H3,(H,63,64)/t23-,24-,25-,26-,27+,28-,29+,30+,31-,32-,33-,34+,35-,36+,37+,38-,39+,40+,41-,42-,43-,44-,48-,49+,50+,51+/m0/s1. The molecule has 4 aliphatic heterocycles. The second-order valence-electron chi connectivity index (χ2n) is 25.0. The van der Waals surface area contributed by atoms with Crippen molar-refractivity contribution in [3.63, 3.8) is 0 Å². The van der Waals surface area contributed by atoms with Gasteiger partial charge < -0.3 is 99.2 Å². The second-order valence-corrected chi connectivity index (χ2v) is 25.0. The van der Waals surface area contributed by atoms with Gasteiger partial charge >= 0.3 is 5.97 Å². The normalized spacial score (nSPS) is 54.3. The van der Waals surface area contributed by atoms with Gasteiger partial charge in [-0.2, -0.15) is 0 Å². The number of carboxylic acids is 1. The quantitative estimate of drug-likeness (QED) is 0.0962. The Balaban J connectivity index is 0.915. The monoisotopic (exact) mass is 1030 g/mol. The average molecular weight is 1030 g/mol. The lowest BCUT2D eigenvalue weighted by atomic mass is 9.33. The summed E-state index contributed by atoms with van der Waals surface area (Å²) in [5.74, 6) is -0.803. The number of ether oxygens (including phenoxy) is 8. The van der Waals surface area contributed by atoms with Crippen LogP contribution >= 0.6 is 0 Å². The Hall–Kier alpha value is -1.55. The fourth-order valence-electron chi connectivity index (χ4n) is 15.9. The molecule has 9 rings (SSSR count). The van der Waals surface area contributed by atoms with E-state index in [1.165, 1.54) is 5.57 Å². The molecule has 4 saturated carbocycles. The molecule has 8 fully saturated rings. The molecule has 412 valence electrons. The van der Waals surface area contributed by atoms with Crippen molar-refractivity contribution in [3.05, 3.63) is 11.6 Å². The molecule has 0 bridgehead atoms. The first kappa shape index (κ1) is 55.2. The smallest absolute Gasteiger partial charge is 0.312 e. The number of allylic oxidation sites excluding steroid dienone is 2. The fraction of sp³-hybridized carbons (Fsp3) is 0.941. The first-order valence-corrected chi connectivity index (χ1v) is 26.1. The van der Waals surface area contributed by atoms with Crippen LogP contribution in [0.2, 0.25) is 0 Å². The van der Waals surface area contributed by atoms with E-state index in [4.69, 9.17) is 37.9 Å². The molecular formula is C51H82O21. The van der Waals surface area contributed by atoms with Gasteiger partial charge in [-0.05, 0) is 103 Å². The van der Waals surface area contributed by atoms with E-state index in [9.17, 15) is 66.1 Å². The molecule has 21 nitrogen and oxygen atoms in total. The van der Waals surface area contributed by atoms with E-state index in [0.29, 0.717) is 25.7 Å². The van der Waals surface area contributed by atoms with Gasteiger partial charge in [0.25, 0.3) is 0 Å². The Morgan fingerprint density at radius 3 is 1.82 bits per heavy atom. The molecule has 4 saturated heterocycles. The summed E-state index contributed by atoms with van der Waals surface area (Å²) in [6.07, 6.45) is -20.5. The summed E-state index contributed by atoms with van der Waals surface area (Å²) >= 11 is 0. The van der Waals surface area contributed by atoms with Crippen LogP contribution < -0.4 is 0 Å². The van der Waals surface area contributed by atoms with Gasteiger partial charge in [0.15, 0.2) is 25.2 Å². The third-order valence-electron chi connectivity index (χ3n) is 20.3. The number of aliphatic carboxylic acids is 1. The third kappa shape index (κ3) is 8.77. The van der Waals surface area contributed by atoms with Crippen LogP contribution in [0.4, 0.5) is 0 Å². The van der Waals surface area contributed by atoms with Crippen LogP contribution in [-0.4, -0.2) is 210 Å². The van der Waals surface area contributed by atoms with Crippen molar-refractivity contribution in [1.29, 1.82) is 0 Å². The van der Waals surface area contributed by atoms with Crippen molar-refractivity contribution in [2.24, 2.45) is 50.2 Å². The first-order chi connectivity index (χ1) is 33.7. The van der Waals surface area contributed by atoms with Crippen LogP contribution in [-0.2, 0) is 42.7 Å². The summed E-state index contributed by atoms with van der Waals surface area (Å²) in [7, 11) is 0. The van der Waals surface area contributed by atoms with E-state index >= 15 is 0 Å². The van der Waals surface area contributed by atoms with Crippen LogP contribution in [0.1, 0.15) is 106 Å².